The number of rotatable bonds is 6. The van der Waals surface area contributed by atoms with Crippen LogP contribution in [-0.2, 0) is 9.84 Å². The Labute approximate surface area is 117 Å². The third kappa shape index (κ3) is 3.67. The van der Waals surface area contributed by atoms with Gasteiger partial charge in [-0.15, -0.1) is 0 Å². The minimum atomic E-state index is -4.56. The van der Waals surface area contributed by atoms with Crippen molar-refractivity contribution in [2.45, 2.75) is 24.5 Å². The van der Waals surface area contributed by atoms with Crippen molar-refractivity contribution >= 4 is 15.5 Å². The largest absolute Gasteiger partial charge is 0.371 e. The number of hydrogen-bond donors (Lipinski definition) is 0. The van der Waals surface area contributed by atoms with Crippen molar-refractivity contribution in [3.63, 3.8) is 0 Å². The second kappa shape index (κ2) is 6.66. The zero-order valence-corrected chi connectivity index (χ0v) is 12.1. The SMILES string of the molecule is CCN(CC(C)C#N)c1ccc(S(=O)(=O)C(F)F)cc1. The lowest BCUT2D eigenvalue weighted by molar-refractivity contribution is 0.234. The van der Waals surface area contributed by atoms with Crippen LogP contribution in [0.2, 0.25) is 0 Å². The molecule has 0 spiro atoms. The molecule has 0 amide bonds. The molecule has 0 bridgehead atoms. The molecule has 1 aromatic carbocycles. The van der Waals surface area contributed by atoms with E-state index in [1.54, 1.807) is 6.92 Å². The first-order chi connectivity index (χ1) is 9.32. The van der Waals surface area contributed by atoms with Crippen molar-refractivity contribution in [1.82, 2.24) is 0 Å². The van der Waals surface area contributed by atoms with Crippen molar-refractivity contribution in [2.24, 2.45) is 5.92 Å². The average Bonchev–Trinajstić information content (AvgIpc) is 2.44. The van der Waals surface area contributed by atoms with E-state index in [0.29, 0.717) is 18.8 Å². The van der Waals surface area contributed by atoms with Gasteiger partial charge in [-0.3, -0.25) is 0 Å². The van der Waals surface area contributed by atoms with Crippen LogP contribution in [0.25, 0.3) is 0 Å². The van der Waals surface area contributed by atoms with Crippen molar-refractivity contribution in [3.8, 4) is 6.07 Å². The van der Waals surface area contributed by atoms with Gasteiger partial charge in [0, 0.05) is 18.8 Å². The Morgan fingerprint density at radius 1 is 1.30 bits per heavy atom. The summed E-state index contributed by atoms with van der Waals surface area (Å²) < 4.78 is 47.4. The minimum Gasteiger partial charge on any atom is -0.371 e. The minimum absolute atomic E-state index is 0.181. The fourth-order valence-corrected chi connectivity index (χ4v) is 2.46. The topological polar surface area (TPSA) is 61.2 Å². The number of nitrogens with zero attached hydrogens (tertiary/aromatic N) is 2. The number of alkyl halides is 2. The molecule has 0 saturated carbocycles. The van der Waals surface area contributed by atoms with E-state index in [1.165, 1.54) is 12.1 Å². The smallest absolute Gasteiger partial charge is 0.341 e. The van der Waals surface area contributed by atoms with Crippen LogP contribution in [0.15, 0.2) is 29.2 Å². The molecular weight excluding hydrogens is 286 g/mol. The van der Waals surface area contributed by atoms with E-state index >= 15 is 0 Å². The third-order valence-electron chi connectivity index (χ3n) is 2.86. The first-order valence-corrected chi connectivity index (χ1v) is 7.64. The molecular formula is C13H16F2N2O2S. The van der Waals surface area contributed by atoms with Gasteiger partial charge in [-0.2, -0.15) is 14.0 Å². The monoisotopic (exact) mass is 302 g/mol. The Hall–Kier alpha value is -1.68. The van der Waals surface area contributed by atoms with E-state index in [9.17, 15) is 17.2 Å². The van der Waals surface area contributed by atoms with Gasteiger partial charge in [0.15, 0.2) is 0 Å². The predicted molar refractivity (Wildman–Crippen MR) is 72.3 cm³/mol. The standard InChI is InChI=1S/C13H16F2N2O2S/c1-3-17(9-10(2)8-16)11-4-6-12(7-5-11)20(18,19)13(14)15/h4-7,10,13H,3,9H2,1-2H3. The number of hydrogen-bond acceptors (Lipinski definition) is 4. The van der Waals surface area contributed by atoms with Gasteiger partial charge in [0.05, 0.1) is 16.9 Å². The molecule has 7 heteroatoms. The summed E-state index contributed by atoms with van der Waals surface area (Å²) in [5.74, 6) is -3.60. The highest BCUT2D eigenvalue weighted by molar-refractivity contribution is 7.91. The quantitative estimate of drug-likeness (QED) is 0.810. The molecule has 1 aromatic rings. The number of anilines is 1. The molecule has 0 aliphatic rings. The average molecular weight is 302 g/mol. The Morgan fingerprint density at radius 3 is 2.25 bits per heavy atom. The summed E-state index contributed by atoms with van der Waals surface area (Å²) in [5.41, 5.74) is 0.697. The number of benzene rings is 1. The molecule has 0 heterocycles. The summed E-state index contributed by atoms with van der Waals surface area (Å²) >= 11 is 0. The molecule has 0 radical (unpaired) electrons. The predicted octanol–water partition coefficient (Wildman–Crippen LogP) is 2.67. The Morgan fingerprint density at radius 2 is 1.85 bits per heavy atom. The molecule has 0 fully saturated rings. The summed E-state index contributed by atoms with van der Waals surface area (Å²) in [6.07, 6.45) is 0. The summed E-state index contributed by atoms with van der Waals surface area (Å²) in [6.45, 7) is 4.80. The summed E-state index contributed by atoms with van der Waals surface area (Å²) in [5, 5.41) is 8.80. The zero-order chi connectivity index (χ0) is 15.3. The van der Waals surface area contributed by atoms with Crippen LogP contribution in [-0.4, -0.2) is 27.3 Å². The van der Waals surface area contributed by atoms with Crippen LogP contribution in [0, 0.1) is 17.2 Å². The second-order valence-corrected chi connectivity index (χ2v) is 6.29. The van der Waals surface area contributed by atoms with E-state index in [1.807, 2.05) is 11.8 Å². The van der Waals surface area contributed by atoms with Crippen molar-refractivity contribution < 1.29 is 17.2 Å². The van der Waals surface area contributed by atoms with Gasteiger partial charge in [0.25, 0.3) is 0 Å². The lowest BCUT2D eigenvalue weighted by atomic mass is 10.2. The van der Waals surface area contributed by atoms with E-state index in [4.69, 9.17) is 5.26 Å². The molecule has 1 atom stereocenters. The van der Waals surface area contributed by atoms with Crippen LogP contribution in [0.3, 0.4) is 0 Å². The van der Waals surface area contributed by atoms with Crippen LogP contribution in [0.5, 0.6) is 0 Å². The maximum Gasteiger partial charge on any atom is 0.341 e. The van der Waals surface area contributed by atoms with Gasteiger partial charge in [0.1, 0.15) is 0 Å². The van der Waals surface area contributed by atoms with Gasteiger partial charge in [-0.1, -0.05) is 0 Å². The Bertz CT molecular complexity index is 579. The van der Waals surface area contributed by atoms with Gasteiger partial charge >= 0.3 is 5.76 Å². The first-order valence-electron chi connectivity index (χ1n) is 6.09. The van der Waals surface area contributed by atoms with Crippen molar-refractivity contribution in [2.75, 3.05) is 18.0 Å². The van der Waals surface area contributed by atoms with Crippen LogP contribution in [0.4, 0.5) is 14.5 Å². The maximum absolute atomic E-state index is 12.4. The highest BCUT2D eigenvalue weighted by Crippen LogP contribution is 2.22. The first kappa shape index (κ1) is 16.4. The fraction of sp³-hybridized carbons (Fsp3) is 0.462. The highest BCUT2D eigenvalue weighted by atomic mass is 32.2. The molecule has 0 N–H and O–H groups in total. The summed E-state index contributed by atoms with van der Waals surface area (Å²) in [7, 11) is -4.56. The second-order valence-electron chi connectivity index (χ2n) is 4.37. The summed E-state index contributed by atoms with van der Waals surface area (Å²) in [6, 6.07) is 7.39. The number of halogens is 2. The lowest BCUT2D eigenvalue weighted by Crippen LogP contribution is -2.27. The number of nitriles is 1. The normalized spacial score (nSPS) is 13.0. The van der Waals surface area contributed by atoms with Gasteiger partial charge in [0.2, 0.25) is 9.84 Å². The Kier molecular flexibility index (Phi) is 5.45. The van der Waals surface area contributed by atoms with Crippen molar-refractivity contribution in [3.05, 3.63) is 24.3 Å². The van der Waals surface area contributed by atoms with E-state index in [2.05, 4.69) is 6.07 Å². The van der Waals surface area contributed by atoms with E-state index in [0.717, 1.165) is 12.1 Å². The van der Waals surface area contributed by atoms with Crippen LogP contribution >= 0.6 is 0 Å². The van der Waals surface area contributed by atoms with E-state index < -0.39 is 20.5 Å². The lowest BCUT2D eigenvalue weighted by Gasteiger charge is -2.24. The molecule has 0 aliphatic heterocycles. The van der Waals surface area contributed by atoms with Gasteiger partial charge < -0.3 is 4.90 Å². The maximum atomic E-state index is 12.4. The summed E-state index contributed by atoms with van der Waals surface area (Å²) in [4.78, 5) is 1.48. The Balaban J connectivity index is 2.99. The van der Waals surface area contributed by atoms with Gasteiger partial charge in [-0.25, -0.2) is 8.42 Å². The highest BCUT2D eigenvalue weighted by Gasteiger charge is 2.26. The van der Waals surface area contributed by atoms with Crippen LogP contribution in [0.1, 0.15) is 13.8 Å². The molecule has 20 heavy (non-hydrogen) atoms. The third-order valence-corrected chi connectivity index (χ3v) is 4.26. The molecule has 1 unspecified atom stereocenters. The number of sulfone groups is 1. The van der Waals surface area contributed by atoms with Crippen molar-refractivity contribution in [1.29, 1.82) is 5.26 Å². The molecule has 1 rings (SSSR count). The molecule has 4 nitrogen and oxygen atoms in total. The van der Waals surface area contributed by atoms with E-state index in [-0.39, 0.29) is 5.92 Å². The fourth-order valence-electron chi connectivity index (χ4n) is 1.74. The molecule has 0 aliphatic carbocycles. The van der Waals surface area contributed by atoms with Crippen LogP contribution < -0.4 is 4.90 Å². The zero-order valence-electron chi connectivity index (χ0n) is 11.3. The van der Waals surface area contributed by atoms with Gasteiger partial charge in [-0.05, 0) is 38.1 Å². The molecule has 110 valence electrons. The molecule has 0 aromatic heterocycles. The molecule has 0 saturated heterocycles.